The van der Waals surface area contributed by atoms with Crippen LogP contribution in [0.2, 0.25) is 0 Å². The third kappa shape index (κ3) is 3.06. The molecule has 0 amide bonds. The topological polar surface area (TPSA) is 66.9 Å². The fourth-order valence-electron chi connectivity index (χ4n) is 3.74. The summed E-state index contributed by atoms with van der Waals surface area (Å²) in [6.07, 6.45) is 2.35. The van der Waals surface area contributed by atoms with Gasteiger partial charge in [0.25, 0.3) is 0 Å². The van der Waals surface area contributed by atoms with Crippen molar-refractivity contribution in [3.63, 3.8) is 0 Å². The molecule has 2 aromatic carbocycles. The van der Waals surface area contributed by atoms with E-state index < -0.39 is 5.63 Å². The molecular weight excluding hydrogens is 330 g/mol. The van der Waals surface area contributed by atoms with Crippen LogP contribution in [0.4, 0.5) is 0 Å². The van der Waals surface area contributed by atoms with Crippen LogP contribution in [0.1, 0.15) is 18.4 Å². The van der Waals surface area contributed by atoms with E-state index >= 15 is 0 Å². The number of hydrogen-bond acceptors (Lipinski definition) is 4. The van der Waals surface area contributed by atoms with Crippen LogP contribution >= 0.6 is 0 Å². The highest BCUT2D eigenvalue weighted by Crippen LogP contribution is 2.32. The first-order valence-corrected chi connectivity index (χ1v) is 8.90. The molecule has 0 radical (unpaired) electrons. The number of nitrogens with one attached hydrogen (secondary N) is 1. The van der Waals surface area contributed by atoms with Gasteiger partial charge in [0.1, 0.15) is 17.9 Å². The van der Waals surface area contributed by atoms with Gasteiger partial charge in [-0.3, -0.25) is 0 Å². The van der Waals surface area contributed by atoms with Crippen LogP contribution < -0.4 is 20.4 Å². The average Bonchev–Trinajstić information content (AvgIpc) is 3.17. The van der Waals surface area contributed by atoms with Gasteiger partial charge in [0.2, 0.25) is 0 Å². The molecule has 0 bridgehead atoms. The van der Waals surface area contributed by atoms with Crippen molar-refractivity contribution in [2.45, 2.75) is 19.4 Å². The van der Waals surface area contributed by atoms with Gasteiger partial charge in [-0.15, -0.1) is 0 Å². The maximum Gasteiger partial charge on any atom is 0.336 e. The van der Waals surface area contributed by atoms with E-state index in [2.05, 4.69) is 0 Å². The molecule has 1 aromatic heterocycles. The third-order valence-electron chi connectivity index (χ3n) is 5.11. The molecule has 1 aliphatic rings. The molecule has 3 aromatic rings. The number of hydrogen-bond donors (Lipinski definition) is 1. The summed E-state index contributed by atoms with van der Waals surface area (Å²) in [6, 6.07) is 12.3. The van der Waals surface area contributed by atoms with Crippen LogP contribution in [0.25, 0.3) is 22.1 Å². The molecule has 1 aliphatic heterocycles. The summed E-state index contributed by atoms with van der Waals surface area (Å²) >= 11 is 0. The zero-order valence-corrected chi connectivity index (χ0v) is 14.7. The van der Waals surface area contributed by atoms with Gasteiger partial charge in [0.05, 0.1) is 20.2 Å². The Hall–Kier alpha value is -2.79. The predicted octanol–water partition coefficient (Wildman–Crippen LogP) is 1.72. The molecule has 4 rings (SSSR count). The van der Waals surface area contributed by atoms with Crippen LogP contribution in [0.5, 0.6) is 11.5 Å². The molecule has 0 aliphatic carbocycles. The van der Waals surface area contributed by atoms with Crippen molar-refractivity contribution in [1.82, 2.24) is 0 Å². The highest BCUT2D eigenvalue weighted by molar-refractivity contribution is 5.95. The highest BCUT2D eigenvalue weighted by Gasteiger charge is 2.19. The van der Waals surface area contributed by atoms with Crippen molar-refractivity contribution in [2.75, 3.05) is 20.2 Å². The van der Waals surface area contributed by atoms with E-state index in [4.69, 9.17) is 9.15 Å². The molecule has 2 heterocycles. The van der Waals surface area contributed by atoms with Crippen molar-refractivity contribution >= 4 is 11.0 Å². The Bertz CT molecular complexity index is 985. The van der Waals surface area contributed by atoms with Crippen LogP contribution in [-0.4, -0.2) is 20.2 Å². The lowest BCUT2D eigenvalue weighted by Gasteiger charge is -2.19. The number of benzene rings is 2. The molecule has 5 nitrogen and oxygen atoms in total. The van der Waals surface area contributed by atoms with Crippen molar-refractivity contribution in [2.24, 2.45) is 0 Å². The van der Waals surface area contributed by atoms with Gasteiger partial charge in [-0.2, -0.15) is 0 Å². The summed E-state index contributed by atoms with van der Waals surface area (Å²) in [4.78, 5) is 13.6. The van der Waals surface area contributed by atoms with E-state index in [1.807, 2.05) is 24.3 Å². The van der Waals surface area contributed by atoms with Crippen LogP contribution in [0.15, 0.2) is 51.7 Å². The number of quaternary nitrogens is 1. The Balaban J connectivity index is 1.87. The molecule has 1 fully saturated rings. The fraction of sp³-hybridized carbons (Fsp3) is 0.286. The molecular formula is C21H21NO4. The van der Waals surface area contributed by atoms with Gasteiger partial charge in [0, 0.05) is 29.9 Å². The van der Waals surface area contributed by atoms with Gasteiger partial charge >= 0.3 is 5.63 Å². The summed E-state index contributed by atoms with van der Waals surface area (Å²) in [5.74, 6) is 0.688. The fourth-order valence-corrected chi connectivity index (χ4v) is 3.74. The Labute approximate surface area is 151 Å². The molecule has 0 atom stereocenters. The van der Waals surface area contributed by atoms with Crippen LogP contribution in [0.3, 0.4) is 0 Å². The van der Waals surface area contributed by atoms with Gasteiger partial charge in [-0.1, -0.05) is 30.0 Å². The Kier molecular flexibility index (Phi) is 4.39. The van der Waals surface area contributed by atoms with Gasteiger partial charge in [-0.25, -0.2) is 4.79 Å². The monoisotopic (exact) mass is 351 g/mol. The summed E-state index contributed by atoms with van der Waals surface area (Å²) in [6.45, 7) is 2.71. The first kappa shape index (κ1) is 16.7. The summed E-state index contributed by atoms with van der Waals surface area (Å²) in [7, 11) is 1.62. The van der Waals surface area contributed by atoms with Crippen molar-refractivity contribution in [3.8, 4) is 22.6 Å². The Morgan fingerprint density at radius 1 is 1.12 bits per heavy atom. The molecule has 0 saturated carbocycles. The van der Waals surface area contributed by atoms with Gasteiger partial charge in [0.15, 0.2) is 0 Å². The summed E-state index contributed by atoms with van der Waals surface area (Å²) in [5, 5.41) is 13.3. The largest absolute Gasteiger partial charge is 0.872 e. The minimum atomic E-state index is -0.438. The van der Waals surface area contributed by atoms with E-state index in [0.717, 1.165) is 35.4 Å². The minimum absolute atomic E-state index is 0.0630. The third-order valence-corrected chi connectivity index (χ3v) is 5.11. The maximum absolute atomic E-state index is 12.5. The minimum Gasteiger partial charge on any atom is -0.872 e. The van der Waals surface area contributed by atoms with E-state index in [9.17, 15) is 9.90 Å². The Morgan fingerprint density at radius 2 is 1.85 bits per heavy atom. The maximum atomic E-state index is 12.5. The number of fused-ring (bicyclic) bond motifs is 1. The molecule has 5 heteroatoms. The molecule has 1 N–H and O–H groups in total. The second kappa shape index (κ2) is 6.84. The SMILES string of the molecule is COc1ccc(-c2cc(=O)oc3c(C[NH+]4CCCC4)c([O-])ccc23)cc1. The zero-order chi connectivity index (χ0) is 18.1. The molecule has 134 valence electrons. The van der Waals surface area contributed by atoms with Gasteiger partial charge < -0.3 is 19.2 Å². The standard InChI is InChI=1S/C21H21NO4/c1-25-15-6-4-14(5-7-15)17-12-20(24)26-21-16(17)8-9-19(23)18(21)13-22-10-2-3-11-22/h4-9,12,23H,2-3,10-11,13H2,1H3. The molecule has 0 spiro atoms. The van der Waals surface area contributed by atoms with Gasteiger partial charge in [-0.05, 0) is 23.3 Å². The second-order valence-corrected chi connectivity index (χ2v) is 6.76. The number of rotatable bonds is 4. The lowest BCUT2D eigenvalue weighted by atomic mass is 9.99. The van der Waals surface area contributed by atoms with E-state index in [1.165, 1.54) is 23.8 Å². The summed E-state index contributed by atoms with van der Waals surface area (Å²) in [5.41, 5.74) is 2.26. The van der Waals surface area contributed by atoms with Crippen molar-refractivity contribution < 1.29 is 19.2 Å². The number of likely N-dealkylation sites (tertiary alicyclic amines) is 1. The molecule has 1 saturated heterocycles. The smallest absolute Gasteiger partial charge is 0.336 e. The number of methoxy groups -OCH3 is 1. The van der Waals surface area contributed by atoms with E-state index in [0.29, 0.717) is 17.7 Å². The first-order chi connectivity index (χ1) is 12.7. The summed E-state index contributed by atoms with van der Waals surface area (Å²) < 4.78 is 10.7. The van der Waals surface area contributed by atoms with Crippen molar-refractivity contribution in [3.05, 3.63) is 58.4 Å². The molecule has 26 heavy (non-hydrogen) atoms. The van der Waals surface area contributed by atoms with Crippen LogP contribution in [-0.2, 0) is 6.54 Å². The Morgan fingerprint density at radius 3 is 2.54 bits per heavy atom. The highest BCUT2D eigenvalue weighted by atomic mass is 16.5. The quantitative estimate of drug-likeness (QED) is 0.727. The number of ether oxygens (including phenoxy) is 1. The predicted molar refractivity (Wildman–Crippen MR) is 97.6 cm³/mol. The van der Waals surface area contributed by atoms with E-state index in [1.54, 1.807) is 19.2 Å². The zero-order valence-electron chi connectivity index (χ0n) is 14.7. The lowest BCUT2D eigenvalue weighted by molar-refractivity contribution is -0.901. The van der Waals surface area contributed by atoms with E-state index in [-0.39, 0.29) is 5.75 Å². The lowest BCUT2D eigenvalue weighted by Crippen LogP contribution is -3.08. The second-order valence-electron chi connectivity index (χ2n) is 6.76. The van der Waals surface area contributed by atoms with Crippen molar-refractivity contribution in [1.29, 1.82) is 0 Å². The average molecular weight is 351 g/mol. The van der Waals surface area contributed by atoms with Crippen LogP contribution in [0, 0.1) is 0 Å². The first-order valence-electron chi connectivity index (χ1n) is 8.90. The molecule has 0 unspecified atom stereocenters. The normalized spacial score (nSPS) is 14.8.